The number of fused-ring (bicyclic) bond motifs is 3. The molecule has 2 atom stereocenters. The number of aromatic hydroxyl groups is 1. The van der Waals surface area contributed by atoms with Crippen LogP contribution >= 0.6 is 0 Å². The van der Waals surface area contributed by atoms with Gasteiger partial charge in [-0.05, 0) is 135 Å². The highest BCUT2D eigenvalue weighted by atomic mass is 19.1. The number of carbonyl (C=O) groups is 4. The summed E-state index contributed by atoms with van der Waals surface area (Å²) in [6.07, 6.45) is 11.1. The zero-order chi connectivity index (χ0) is 48.1. The largest absolute Gasteiger partial charge is 0.508 e. The lowest BCUT2D eigenvalue weighted by molar-refractivity contribution is -0.151. The zero-order valence-corrected chi connectivity index (χ0v) is 39.3. The fourth-order valence-corrected chi connectivity index (χ4v) is 12.3. The average Bonchev–Trinajstić information content (AvgIpc) is 4.08. The van der Waals surface area contributed by atoms with Crippen molar-refractivity contribution in [3.63, 3.8) is 0 Å². The molecule has 364 valence electrons. The number of phenolic OH excluding ortho intramolecular Hbond substituents is 1. The molecule has 2 spiro atoms. The molecule has 5 saturated heterocycles. The lowest BCUT2D eigenvalue weighted by Crippen LogP contribution is -2.56. The lowest BCUT2D eigenvalue weighted by Gasteiger charge is -2.48. The number of piperidine rings is 4. The van der Waals surface area contributed by atoms with Crippen LogP contribution in [0.1, 0.15) is 104 Å². The SMILES string of the molecule is CCc1c(F)ccc2cc(O)cc(-c3ncc4c(N5CCCC6(CCO6)C5)nc(OCC5(CN6CCC7(CC6)CCN(c6ccc8c(c6)C(=O)N(C6CCC(=O)NC6=O)C8=O)CC7)CC5)nc4c3F)c12. The van der Waals surface area contributed by atoms with Crippen molar-refractivity contribution in [3.8, 4) is 23.0 Å². The van der Waals surface area contributed by atoms with E-state index in [0.717, 1.165) is 101 Å². The van der Waals surface area contributed by atoms with E-state index in [9.17, 15) is 24.3 Å². The van der Waals surface area contributed by atoms with E-state index >= 15 is 8.78 Å². The van der Waals surface area contributed by atoms with Crippen LogP contribution in [0.25, 0.3) is 32.9 Å². The summed E-state index contributed by atoms with van der Waals surface area (Å²) in [5.74, 6) is -2.65. The van der Waals surface area contributed by atoms with Crippen LogP contribution in [-0.4, -0.2) is 124 Å². The van der Waals surface area contributed by atoms with Crippen molar-refractivity contribution in [2.75, 3.05) is 68.8 Å². The van der Waals surface area contributed by atoms with Crippen molar-refractivity contribution in [3.05, 3.63) is 77.0 Å². The zero-order valence-electron chi connectivity index (χ0n) is 39.3. The van der Waals surface area contributed by atoms with Crippen LogP contribution in [0.2, 0.25) is 0 Å². The molecule has 1 saturated carbocycles. The first-order valence-electron chi connectivity index (χ1n) is 25.0. The van der Waals surface area contributed by atoms with E-state index < -0.39 is 41.3 Å². The summed E-state index contributed by atoms with van der Waals surface area (Å²) >= 11 is 0. The van der Waals surface area contributed by atoms with E-state index in [1.807, 2.05) is 13.0 Å². The third kappa shape index (κ3) is 7.70. The van der Waals surface area contributed by atoms with Gasteiger partial charge in [-0.1, -0.05) is 13.0 Å². The number of pyridine rings is 1. The Hall–Kier alpha value is -6.33. The second-order valence-corrected chi connectivity index (χ2v) is 21.0. The van der Waals surface area contributed by atoms with E-state index in [4.69, 9.17) is 19.4 Å². The predicted molar refractivity (Wildman–Crippen MR) is 256 cm³/mol. The molecule has 6 fully saturated rings. The van der Waals surface area contributed by atoms with Gasteiger partial charge in [0.15, 0.2) is 5.82 Å². The third-order valence-electron chi connectivity index (χ3n) is 16.8. The van der Waals surface area contributed by atoms with Gasteiger partial charge in [-0.15, -0.1) is 0 Å². The molecule has 2 N–H and O–H groups in total. The van der Waals surface area contributed by atoms with Crippen molar-refractivity contribution < 1.29 is 42.5 Å². The van der Waals surface area contributed by atoms with E-state index in [1.165, 1.54) is 12.1 Å². The van der Waals surface area contributed by atoms with Crippen LogP contribution < -0.4 is 19.9 Å². The number of hydrogen-bond donors (Lipinski definition) is 2. The molecule has 1 aliphatic carbocycles. The number of aromatic nitrogens is 3. The van der Waals surface area contributed by atoms with E-state index in [-0.39, 0.29) is 63.4 Å². The Bertz CT molecular complexity index is 3010. The molecule has 3 aromatic carbocycles. The van der Waals surface area contributed by atoms with E-state index in [1.54, 1.807) is 30.5 Å². The van der Waals surface area contributed by atoms with Gasteiger partial charge in [0.2, 0.25) is 11.8 Å². The van der Waals surface area contributed by atoms with Crippen LogP contribution in [0.5, 0.6) is 11.8 Å². The first-order valence-corrected chi connectivity index (χ1v) is 25.0. The summed E-state index contributed by atoms with van der Waals surface area (Å²) < 4.78 is 45.1. The highest BCUT2D eigenvalue weighted by molar-refractivity contribution is 6.23. The maximum Gasteiger partial charge on any atom is 0.319 e. The number of imide groups is 2. The molecule has 7 aliphatic rings. The number of benzene rings is 3. The minimum atomic E-state index is -0.994. The van der Waals surface area contributed by atoms with Crippen LogP contribution in [0.15, 0.2) is 48.7 Å². The fourth-order valence-electron chi connectivity index (χ4n) is 12.3. The molecule has 17 heteroatoms. The number of amides is 4. The number of halogens is 2. The number of anilines is 2. The molecule has 4 amide bonds. The van der Waals surface area contributed by atoms with Gasteiger partial charge in [-0.3, -0.25) is 34.4 Å². The number of carbonyl (C=O) groups excluding carboxylic acids is 4. The number of ether oxygens (including phenoxy) is 2. The van der Waals surface area contributed by atoms with Gasteiger partial charge < -0.3 is 29.3 Å². The monoisotopic (exact) mass is 954 g/mol. The van der Waals surface area contributed by atoms with Gasteiger partial charge in [0.25, 0.3) is 11.8 Å². The standard InChI is InChI=1S/C53H56F2N8O7/c1-2-34-39(54)7-4-31-24-33(64)26-37(42(31)34)44-43(55)45-38(27-56-44)46(62-18-3-10-53(29-62)17-23-70-53)59-50(58-45)69-30-52(11-12-52)28-60-19-13-51(14-20-60)15-21-61(22-16-51)32-5-6-35-36(25-32)49(68)63(48(35)67)40-8-9-41(65)57-47(40)66/h4-7,24-27,40,64H,2-3,8-23,28-30H2,1H3,(H,57,65,66). The molecule has 70 heavy (non-hydrogen) atoms. The van der Waals surface area contributed by atoms with Gasteiger partial charge in [0.05, 0.1) is 35.3 Å². The number of hydrogen-bond acceptors (Lipinski definition) is 13. The van der Waals surface area contributed by atoms with Crippen molar-refractivity contribution in [2.24, 2.45) is 10.8 Å². The van der Waals surface area contributed by atoms with Gasteiger partial charge in [0, 0.05) is 68.4 Å². The van der Waals surface area contributed by atoms with Crippen molar-refractivity contribution >= 4 is 56.8 Å². The maximum absolute atomic E-state index is 17.2. The smallest absolute Gasteiger partial charge is 0.319 e. The summed E-state index contributed by atoms with van der Waals surface area (Å²) in [5, 5.41) is 14.6. The van der Waals surface area contributed by atoms with E-state index in [2.05, 4.69) is 25.0 Å². The highest BCUT2D eigenvalue weighted by Crippen LogP contribution is 2.49. The Morgan fingerprint density at radius 3 is 2.36 bits per heavy atom. The molecule has 5 aromatic rings. The topological polar surface area (TPSA) is 171 Å². The first-order chi connectivity index (χ1) is 33.8. The quantitative estimate of drug-likeness (QED) is 0.136. The number of nitrogens with one attached hydrogen (secondary N) is 1. The summed E-state index contributed by atoms with van der Waals surface area (Å²) in [4.78, 5) is 73.4. The molecule has 2 unspecified atom stereocenters. The summed E-state index contributed by atoms with van der Waals surface area (Å²) in [5.41, 5.74) is 2.07. The molecule has 0 bridgehead atoms. The number of aryl methyl sites for hydroxylation is 1. The highest BCUT2D eigenvalue weighted by Gasteiger charge is 2.48. The Morgan fingerprint density at radius 2 is 1.63 bits per heavy atom. The molecular formula is C53H56F2N8O7. The number of rotatable bonds is 10. The maximum atomic E-state index is 17.2. The molecule has 15 nitrogen and oxygen atoms in total. The van der Waals surface area contributed by atoms with Crippen LogP contribution in [0, 0.1) is 22.5 Å². The van der Waals surface area contributed by atoms with Gasteiger partial charge in [-0.25, -0.2) is 8.78 Å². The average molecular weight is 955 g/mol. The number of likely N-dealkylation sites (tertiary alicyclic amines) is 1. The van der Waals surface area contributed by atoms with Gasteiger partial charge in [0.1, 0.15) is 34.6 Å². The summed E-state index contributed by atoms with van der Waals surface area (Å²) in [6.45, 7) is 8.74. The lowest BCUT2D eigenvalue weighted by atomic mass is 9.71. The van der Waals surface area contributed by atoms with Gasteiger partial charge >= 0.3 is 6.01 Å². The minimum Gasteiger partial charge on any atom is -0.508 e. The second-order valence-electron chi connectivity index (χ2n) is 21.0. The Kier molecular flexibility index (Phi) is 10.8. The summed E-state index contributed by atoms with van der Waals surface area (Å²) in [7, 11) is 0. The molecule has 2 aromatic heterocycles. The van der Waals surface area contributed by atoms with Crippen LogP contribution in [0.3, 0.4) is 0 Å². The predicted octanol–water partition coefficient (Wildman–Crippen LogP) is 7.09. The molecule has 6 aliphatic heterocycles. The Labute approximate surface area is 403 Å². The number of phenols is 1. The first kappa shape index (κ1) is 44.8. The van der Waals surface area contributed by atoms with Crippen molar-refractivity contribution in [2.45, 2.75) is 95.6 Å². The third-order valence-corrected chi connectivity index (χ3v) is 16.8. The molecule has 8 heterocycles. The summed E-state index contributed by atoms with van der Waals surface area (Å²) in [6, 6.07) is 10.4. The van der Waals surface area contributed by atoms with Crippen molar-refractivity contribution in [1.29, 1.82) is 0 Å². The molecule has 0 radical (unpaired) electrons. The fraction of sp³-hybridized carbons (Fsp3) is 0.491. The van der Waals surface area contributed by atoms with Crippen LogP contribution in [-0.2, 0) is 20.7 Å². The number of nitrogens with zero attached hydrogens (tertiary/aromatic N) is 7. The second kappa shape index (κ2) is 16.9. The normalized spacial score (nSPS) is 24.2. The van der Waals surface area contributed by atoms with E-state index in [0.29, 0.717) is 65.8 Å². The van der Waals surface area contributed by atoms with Crippen LogP contribution in [0.4, 0.5) is 20.3 Å². The molecular weight excluding hydrogens is 899 g/mol. The molecule has 12 rings (SSSR count). The van der Waals surface area contributed by atoms with Crippen molar-refractivity contribution in [1.82, 2.24) is 30.1 Å². The Morgan fingerprint density at radius 1 is 0.857 bits per heavy atom. The minimum absolute atomic E-state index is 0.0357. The Balaban J connectivity index is 0.729. The van der Waals surface area contributed by atoms with Gasteiger partial charge in [-0.2, -0.15) is 9.97 Å².